The van der Waals surface area contributed by atoms with Crippen molar-refractivity contribution < 1.29 is 13.7 Å². The van der Waals surface area contributed by atoms with Gasteiger partial charge in [-0.05, 0) is 56.5 Å². The highest BCUT2D eigenvalue weighted by molar-refractivity contribution is 5.91. The van der Waals surface area contributed by atoms with Gasteiger partial charge in [-0.15, -0.1) is 0 Å². The predicted molar refractivity (Wildman–Crippen MR) is 132 cm³/mol. The molecule has 2 fully saturated rings. The zero-order valence-electron chi connectivity index (χ0n) is 19.8. The van der Waals surface area contributed by atoms with Crippen molar-refractivity contribution in [2.24, 2.45) is 0 Å². The number of carbonyl (C=O) groups is 1. The Morgan fingerprint density at radius 3 is 2.72 bits per heavy atom. The Morgan fingerprint density at radius 1 is 1.06 bits per heavy atom. The maximum Gasteiger partial charge on any atom is 0.239 e. The summed E-state index contributed by atoms with van der Waals surface area (Å²) in [5.74, 6) is 1.68. The van der Waals surface area contributed by atoms with Gasteiger partial charge in [-0.1, -0.05) is 35.5 Å². The highest BCUT2D eigenvalue weighted by atomic mass is 19.1. The average molecular weight is 487 g/mol. The van der Waals surface area contributed by atoms with Gasteiger partial charge < -0.3 is 9.84 Å². The molecular weight excluding hydrogens is 459 g/mol. The number of likely N-dealkylation sites (tertiary alicyclic amines) is 1. The first kappa shape index (κ1) is 22.6. The molecule has 36 heavy (non-hydrogen) atoms. The van der Waals surface area contributed by atoms with Crippen LogP contribution in [0.1, 0.15) is 49.1 Å². The summed E-state index contributed by atoms with van der Waals surface area (Å²) in [5, 5.41) is 11.9. The lowest BCUT2D eigenvalue weighted by atomic mass is 9.98. The second-order valence-corrected chi connectivity index (χ2v) is 9.57. The highest BCUT2D eigenvalue weighted by Gasteiger charge is 2.29. The van der Waals surface area contributed by atoms with Crippen molar-refractivity contribution in [3.05, 3.63) is 78.1 Å². The first-order chi connectivity index (χ1) is 17.6. The molecule has 3 heterocycles. The summed E-state index contributed by atoms with van der Waals surface area (Å²) in [7, 11) is 0. The molecule has 6 rings (SSSR count). The summed E-state index contributed by atoms with van der Waals surface area (Å²) in [6, 6.07) is 18.0. The van der Waals surface area contributed by atoms with Crippen LogP contribution in [-0.4, -0.2) is 50.4 Å². The molecule has 1 amide bonds. The van der Waals surface area contributed by atoms with Crippen molar-refractivity contribution in [2.75, 3.05) is 25.0 Å². The number of halogens is 1. The fourth-order valence-corrected chi connectivity index (χ4v) is 4.77. The number of hydrogen-bond acceptors (Lipinski definition) is 6. The van der Waals surface area contributed by atoms with E-state index in [4.69, 9.17) is 9.62 Å². The van der Waals surface area contributed by atoms with Crippen LogP contribution in [0.5, 0.6) is 0 Å². The van der Waals surface area contributed by atoms with Crippen LogP contribution >= 0.6 is 0 Å². The highest BCUT2D eigenvalue weighted by Crippen LogP contribution is 2.40. The van der Waals surface area contributed by atoms with Crippen LogP contribution in [0.3, 0.4) is 0 Å². The van der Waals surface area contributed by atoms with Crippen molar-refractivity contribution in [1.29, 1.82) is 0 Å². The minimum atomic E-state index is -0.341. The summed E-state index contributed by atoms with van der Waals surface area (Å²) < 4.78 is 20.9. The van der Waals surface area contributed by atoms with Crippen LogP contribution in [0.4, 0.5) is 10.2 Å². The minimum absolute atomic E-state index is 0.0256. The summed E-state index contributed by atoms with van der Waals surface area (Å²) in [5.41, 5.74) is 2.53. The summed E-state index contributed by atoms with van der Waals surface area (Å²) in [6.45, 7) is 1.73. The number of nitrogens with zero attached hydrogens (tertiary/aromatic N) is 5. The SMILES string of the molecule is O=C(CN1CCCC(c2nc(-c3cccc(F)c3)no2)C1)Nc1cc(C2CC2)nn1-c1ccccc1. The zero-order valence-corrected chi connectivity index (χ0v) is 19.8. The van der Waals surface area contributed by atoms with Crippen molar-refractivity contribution in [2.45, 2.75) is 37.5 Å². The van der Waals surface area contributed by atoms with E-state index in [1.807, 2.05) is 41.1 Å². The lowest BCUT2D eigenvalue weighted by molar-refractivity contribution is -0.117. The molecule has 1 aliphatic heterocycles. The molecule has 1 aliphatic carbocycles. The molecule has 1 atom stereocenters. The molecule has 9 heteroatoms. The van der Waals surface area contributed by atoms with E-state index >= 15 is 0 Å². The predicted octanol–water partition coefficient (Wildman–Crippen LogP) is 4.76. The normalized spacial score (nSPS) is 18.3. The number of rotatable bonds is 7. The van der Waals surface area contributed by atoms with E-state index < -0.39 is 0 Å². The van der Waals surface area contributed by atoms with E-state index in [-0.39, 0.29) is 24.2 Å². The maximum absolute atomic E-state index is 13.6. The van der Waals surface area contributed by atoms with E-state index in [1.165, 1.54) is 12.1 Å². The Hall–Kier alpha value is -3.85. The van der Waals surface area contributed by atoms with E-state index in [0.717, 1.165) is 43.6 Å². The van der Waals surface area contributed by atoms with Crippen LogP contribution in [0.25, 0.3) is 17.1 Å². The molecular formula is C27H27FN6O2. The van der Waals surface area contributed by atoms with Gasteiger partial charge in [0.25, 0.3) is 0 Å². The monoisotopic (exact) mass is 486 g/mol. The quantitative estimate of drug-likeness (QED) is 0.405. The Labute approximate surface area is 208 Å². The lowest BCUT2D eigenvalue weighted by Crippen LogP contribution is -2.40. The molecule has 2 aromatic carbocycles. The molecule has 184 valence electrons. The maximum atomic E-state index is 13.6. The third-order valence-electron chi connectivity index (χ3n) is 6.74. The number of piperidine rings is 1. The average Bonchev–Trinajstić information content (AvgIpc) is 3.47. The van der Waals surface area contributed by atoms with Crippen molar-refractivity contribution in [3.8, 4) is 17.1 Å². The van der Waals surface area contributed by atoms with Gasteiger partial charge in [0.15, 0.2) is 0 Å². The molecule has 4 aromatic rings. The largest absolute Gasteiger partial charge is 0.339 e. The third-order valence-corrected chi connectivity index (χ3v) is 6.74. The number of nitrogens with one attached hydrogen (secondary N) is 1. The fourth-order valence-electron chi connectivity index (χ4n) is 4.77. The van der Waals surface area contributed by atoms with Gasteiger partial charge in [0.05, 0.1) is 23.8 Å². The number of hydrogen-bond donors (Lipinski definition) is 1. The van der Waals surface area contributed by atoms with Gasteiger partial charge in [0.2, 0.25) is 17.6 Å². The summed E-state index contributed by atoms with van der Waals surface area (Å²) >= 11 is 0. The number of anilines is 1. The van der Waals surface area contributed by atoms with Gasteiger partial charge >= 0.3 is 0 Å². The van der Waals surface area contributed by atoms with Crippen LogP contribution in [-0.2, 0) is 4.79 Å². The molecule has 0 bridgehead atoms. The minimum Gasteiger partial charge on any atom is -0.339 e. The van der Waals surface area contributed by atoms with Gasteiger partial charge in [-0.2, -0.15) is 10.1 Å². The van der Waals surface area contributed by atoms with Crippen LogP contribution in [0, 0.1) is 5.82 Å². The number of aromatic nitrogens is 4. The molecule has 0 radical (unpaired) electrons. The van der Waals surface area contributed by atoms with Gasteiger partial charge in [-0.3, -0.25) is 9.69 Å². The summed E-state index contributed by atoms with van der Waals surface area (Å²) in [6.07, 6.45) is 4.10. The smallest absolute Gasteiger partial charge is 0.239 e. The first-order valence-corrected chi connectivity index (χ1v) is 12.4. The van der Waals surface area contributed by atoms with E-state index in [0.29, 0.717) is 35.6 Å². The standard InChI is InChI=1S/C27H27FN6O2/c28-21-8-4-6-19(14-21)26-30-27(36-32-26)20-7-5-13-33(16-20)17-25(35)29-24-15-23(18-11-12-18)31-34(24)22-9-2-1-3-10-22/h1-4,6,8-10,14-15,18,20H,5,7,11-13,16-17H2,(H,29,35). The summed E-state index contributed by atoms with van der Waals surface area (Å²) in [4.78, 5) is 19.7. The number of carbonyl (C=O) groups excluding carboxylic acids is 1. The molecule has 2 aromatic heterocycles. The number of benzene rings is 2. The lowest BCUT2D eigenvalue weighted by Gasteiger charge is -2.30. The first-order valence-electron chi connectivity index (χ1n) is 12.4. The van der Waals surface area contributed by atoms with Crippen LogP contribution < -0.4 is 5.32 Å². The van der Waals surface area contributed by atoms with Crippen LogP contribution in [0.2, 0.25) is 0 Å². The van der Waals surface area contributed by atoms with E-state index in [1.54, 1.807) is 12.1 Å². The zero-order chi connectivity index (χ0) is 24.5. The fraction of sp³-hybridized carbons (Fsp3) is 0.333. The Balaban J connectivity index is 1.12. The van der Waals surface area contributed by atoms with Crippen molar-refractivity contribution in [1.82, 2.24) is 24.8 Å². The van der Waals surface area contributed by atoms with Crippen molar-refractivity contribution in [3.63, 3.8) is 0 Å². The van der Waals surface area contributed by atoms with E-state index in [9.17, 15) is 9.18 Å². The Kier molecular flexibility index (Phi) is 6.06. The van der Waals surface area contributed by atoms with E-state index in [2.05, 4.69) is 20.4 Å². The van der Waals surface area contributed by atoms with Gasteiger partial charge in [-0.25, -0.2) is 9.07 Å². The van der Waals surface area contributed by atoms with Crippen LogP contribution in [0.15, 0.2) is 65.2 Å². The molecule has 1 saturated carbocycles. The molecule has 1 unspecified atom stereocenters. The third kappa shape index (κ3) is 4.92. The Bertz CT molecular complexity index is 1360. The second-order valence-electron chi connectivity index (χ2n) is 9.57. The Morgan fingerprint density at radius 2 is 1.92 bits per heavy atom. The molecule has 8 nitrogen and oxygen atoms in total. The topological polar surface area (TPSA) is 89.1 Å². The second kappa shape index (κ2) is 9.66. The number of amides is 1. The molecule has 0 spiro atoms. The van der Waals surface area contributed by atoms with Gasteiger partial charge in [0, 0.05) is 24.1 Å². The molecule has 2 aliphatic rings. The molecule has 1 saturated heterocycles. The van der Waals surface area contributed by atoms with Gasteiger partial charge in [0.1, 0.15) is 11.6 Å². The van der Waals surface area contributed by atoms with Crippen molar-refractivity contribution >= 4 is 11.7 Å². The number of para-hydroxylation sites is 1. The molecule has 1 N–H and O–H groups in total.